The Kier molecular flexibility index (Phi) is 4.03. The minimum atomic E-state index is -0.596. The Labute approximate surface area is 108 Å². The lowest BCUT2D eigenvalue weighted by molar-refractivity contribution is -0.151. The molecule has 0 aromatic carbocycles. The van der Waals surface area contributed by atoms with Crippen LogP contribution in [-0.2, 0) is 4.79 Å². The van der Waals surface area contributed by atoms with Gasteiger partial charge in [-0.1, -0.05) is 20.3 Å². The molecule has 3 unspecified atom stereocenters. The first-order chi connectivity index (χ1) is 8.10. The van der Waals surface area contributed by atoms with Crippen LogP contribution in [0.3, 0.4) is 0 Å². The van der Waals surface area contributed by atoms with E-state index in [4.69, 9.17) is 0 Å². The van der Waals surface area contributed by atoms with Crippen molar-refractivity contribution in [2.45, 2.75) is 62.8 Å². The molecule has 3 nitrogen and oxygen atoms in total. The van der Waals surface area contributed by atoms with E-state index in [0.29, 0.717) is 11.3 Å². The normalized spacial score (nSPS) is 38.7. The first kappa shape index (κ1) is 13.2. The van der Waals surface area contributed by atoms with Crippen molar-refractivity contribution in [3.8, 4) is 0 Å². The molecule has 0 aliphatic carbocycles. The van der Waals surface area contributed by atoms with Gasteiger partial charge < -0.3 is 5.11 Å². The van der Waals surface area contributed by atoms with Crippen LogP contribution in [0.25, 0.3) is 0 Å². The maximum Gasteiger partial charge on any atom is 0.324 e. The molecule has 4 heteroatoms. The highest BCUT2D eigenvalue weighted by atomic mass is 32.2. The molecule has 0 saturated carbocycles. The first-order valence-electron chi connectivity index (χ1n) is 6.72. The molecule has 2 fully saturated rings. The average Bonchev–Trinajstić information content (AvgIpc) is 2.85. The monoisotopic (exact) mass is 257 g/mol. The second kappa shape index (κ2) is 5.19. The van der Waals surface area contributed by atoms with Gasteiger partial charge in [-0.05, 0) is 32.2 Å². The summed E-state index contributed by atoms with van der Waals surface area (Å²) in [6.45, 7) is 5.32. The highest BCUT2D eigenvalue weighted by Crippen LogP contribution is 2.40. The number of carbonyl (C=O) groups is 1. The predicted octanol–water partition coefficient (Wildman–Crippen LogP) is 2.60. The van der Waals surface area contributed by atoms with Crippen LogP contribution in [0.1, 0.15) is 46.0 Å². The van der Waals surface area contributed by atoms with Crippen molar-refractivity contribution in [1.82, 2.24) is 4.90 Å². The quantitative estimate of drug-likeness (QED) is 0.840. The van der Waals surface area contributed by atoms with Gasteiger partial charge in [0, 0.05) is 17.0 Å². The van der Waals surface area contributed by atoms with Crippen LogP contribution in [-0.4, -0.2) is 45.1 Å². The zero-order valence-electron chi connectivity index (χ0n) is 10.8. The van der Waals surface area contributed by atoms with Crippen molar-refractivity contribution in [3.63, 3.8) is 0 Å². The zero-order valence-corrected chi connectivity index (χ0v) is 11.6. The Hall–Kier alpha value is -0.220. The number of carboxylic acids is 1. The molecule has 0 aromatic heterocycles. The average molecular weight is 257 g/mol. The number of hydrogen-bond acceptors (Lipinski definition) is 3. The summed E-state index contributed by atoms with van der Waals surface area (Å²) >= 11 is 1.99. The first-order valence-corrected chi connectivity index (χ1v) is 7.77. The molecule has 1 N–H and O–H groups in total. The number of carboxylic acid groups (broad SMARTS) is 1. The van der Waals surface area contributed by atoms with Gasteiger partial charge in [-0.3, -0.25) is 9.69 Å². The van der Waals surface area contributed by atoms with Gasteiger partial charge in [0.2, 0.25) is 0 Å². The van der Waals surface area contributed by atoms with Crippen molar-refractivity contribution in [2.75, 3.05) is 12.3 Å². The lowest BCUT2D eigenvalue weighted by Gasteiger charge is -2.38. The highest BCUT2D eigenvalue weighted by molar-refractivity contribution is 8.00. The predicted molar refractivity (Wildman–Crippen MR) is 71.5 cm³/mol. The summed E-state index contributed by atoms with van der Waals surface area (Å²) in [5.41, 5.74) is -0.552. The van der Waals surface area contributed by atoms with Crippen molar-refractivity contribution in [2.24, 2.45) is 0 Å². The molecular weight excluding hydrogens is 234 g/mol. The van der Waals surface area contributed by atoms with Crippen LogP contribution in [0.5, 0.6) is 0 Å². The lowest BCUT2D eigenvalue weighted by atomic mass is 9.89. The molecule has 3 atom stereocenters. The van der Waals surface area contributed by atoms with Gasteiger partial charge in [-0.2, -0.15) is 11.8 Å². The molecule has 2 heterocycles. The Bertz CT molecular complexity index is 297. The van der Waals surface area contributed by atoms with E-state index in [9.17, 15) is 9.90 Å². The molecule has 2 aliphatic rings. The topological polar surface area (TPSA) is 40.5 Å². The Morgan fingerprint density at radius 3 is 2.88 bits per heavy atom. The molecule has 0 spiro atoms. The summed E-state index contributed by atoms with van der Waals surface area (Å²) in [5.74, 6) is 0.515. The van der Waals surface area contributed by atoms with Crippen molar-refractivity contribution in [3.05, 3.63) is 0 Å². The summed E-state index contributed by atoms with van der Waals surface area (Å²) in [4.78, 5) is 14.0. The third-order valence-electron chi connectivity index (χ3n) is 4.22. The lowest BCUT2D eigenvalue weighted by Crippen LogP contribution is -2.54. The van der Waals surface area contributed by atoms with Gasteiger partial charge in [-0.15, -0.1) is 0 Å². The Balaban J connectivity index is 2.16. The third kappa shape index (κ3) is 2.34. The van der Waals surface area contributed by atoms with E-state index >= 15 is 0 Å². The summed E-state index contributed by atoms with van der Waals surface area (Å²) < 4.78 is 0. The standard InChI is InChI=1S/C13H23NO2S/c1-3-5-13(12(15)16)6-4-7-14(13)11-8-10(2)17-9-11/h10-11H,3-9H2,1-2H3,(H,15,16). The van der Waals surface area contributed by atoms with Crippen LogP contribution >= 0.6 is 11.8 Å². The largest absolute Gasteiger partial charge is 0.480 e. The molecule has 0 amide bonds. The van der Waals surface area contributed by atoms with E-state index < -0.39 is 11.5 Å². The SMILES string of the molecule is CCCC1(C(=O)O)CCCN1C1CSC(C)C1. The van der Waals surface area contributed by atoms with Crippen LogP contribution in [0.2, 0.25) is 0 Å². The number of nitrogens with zero attached hydrogens (tertiary/aromatic N) is 1. The van der Waals surface area contributed by atoms with E-state index in [1.165, 1.54) is 0 Å². The molecule has 0 radical (unpaired) electrons. The highest BCUT2D eigenvalue weighted by Gasteiger charge is 2.50. The van der Waals surface area contributed by atoms with E-state index in [1.54, 1.807) is 0 Å². The third-order valence-corrected chi connectivity index (χ3v) is 5.56. The van der Waals surface area contributed by atoms with Crippen LogP contribution < -0.4 is 0 Å². The smallest absolute Gasteiger partial charge is 0.324 e. The van der Waals surface area contributed by atoms with Crippen LogP contribution in [0.4, 0.5) is 0 Å². The maximum absolute atomic E-state index is 11.7. The molecule has 2 aliphatic heterocycles. The van der Waals surface area contributed by atoms with E-state index in [-0.39, 0.29) is 0 Å². The molecule has 2 saturated heterocycles. The zero-order chi connectivity index (χ0) is 12.5. The fourth-order valence-corrected chi connectivity index (χ4v) is 4.69. The van der Waals surface area contributed by atoms with Gasteiger partial charge in [0.15, 0.2) is 0 Å². The van der Waals surface area contributed by atoms with Crippen LogP contribution in [0.15, 0.2) is 0 Å². The molecular formula is C13H23NO2S. The van der Waals surface area contributed by atoms with Gasteiger partial charge in [0.25, 0.3) is 0 Å². The fraction of sp³-hybridized carbons (Fsp3) is 0.923. The van der Waals surface area contributed by atoms with E-state index in [2.05, 4.69) is 18.7 Å². The van der Waals surface area contributed by atoms with Crippen LogP contribution in [0, 0.1) is 0 Å². The number of likely N-dealkylation sites (tertiary alicyclic amines) is 1. The fourth-order valence-electron chi connectivity index (χ4n) is 3.46. The van der Waals surface area contributed by atoms with Crippen molar-refractivity contribution < 1.29 is 9.90 Å². The molecule has 0 aromatic rings. The molecule has 17 heavy (non-hydrogen) atoms. The second-order valence-corrected chi connectivity index (χ2v) is 6.89. The minimum absolute atomic E-state index is 0.486. The number of aliphatic carboxylic acids is 1. The molecule has 0 bridgehead atoms. The van der Waals surface area contributed by atoms with E-state index in [1.807, 2.05) is 11.8 Å². The Morgan fingerprint density at radius 1 is 1.59 bits per heavy atom. The molecule has 98 valence electrons. The van der Waals surface area contributed by atoms with Gasteiger partial charge >= 0.3 is 5.97 Å². The minimum Gasteiger partial charge on any atom is -0.480 e. The summed E-state index contributed by atoms with van der Waals surface area (Å²) in [7, 11) is 0. The Morgan fingerprint density at radius 2 is 2.35 bits per heavy atom. The second-order valence-electron chi connectivity index (χ2n) is 5.42. The summed E-state index contributed by atoms with van der Waals surface area (Å²) in [6, 6.07) is 0.486. The number of hydrogen-bond donors (Lipinski definition) is 1. The maximum atomic E-state index is 11.7. The van der Waals surface area contributed by atoms with E-state index in [0.717, 1.165) is 44.4 Å². The summed E-state index contributed by atoms with van der Waals surface area (Å²) in [5, 5.41) is 10.3. The van der Waals surface area contributed by atoms with Gasteiger partial charge in [0.05, 0.1) is 0 Å². The van der Waals surface area contributed by atoms with Gasteiger partial charge in [-0.25, -0.2) is 0 Å². The number of thioether (sulfide) groups is 1. The van der Waals surface area contributed by atoms with Crippen molar-refractivity contribution >= 4 is 17.7 Å². The summed E-state index contributed by atoms with van der Waals surface area (Å²) in [6.07, 6.45) is 4.80. The molecule has 2 rings (SSSR count). The van der Waals surface area contributed by atoms with Gasteiger partial charge in [0.1, 0.15) is 5.54 Å². The van der Waals surface area contributed by atoms with Crippen molar-refractivity contribution in [1.29, 1.82) is 0 Å². The number of rotatable bonds is 4.